The number of rotatable bonds is 2. The van der Waals surface area contributed by atoms with Gasteiger partial charge in [-0.25, -0.2) is 4.85 Å². The lowest BCUT2D eigenvalue weighted by Gasteiger charge is -2.50. The van der Waals surface area contributed by atoms with E-state index in [-0.39, 0.29) is 12.5 Å². The summed E-state index contributed by atoms with van der Waals surface area (Å²) in [5.74, 6) is -0.107. The van der Waals surface area contributed by atoms with Gasteiger partial charge < -0.3 is 15.2 Å². The fraction of sp³-hybridized carbons (Fsp3) is 0.467. The van der Waals surface area contributed by atoms with E-state index in [1.54, 1.807) is 12.1 Å². The second kappa shape index (κ2) is 4.30. The van der Waals surface area contributed by atoms with Gasteiger partial charge in [0, 0.05) is 6.61 Å². The van der Waals surface area contributed by atoms with Crippen molar-refractivity contribution in [2.75, 3.05) is 19.8 Å². The van der Waals surface area contributed by atoms with E-state index in [1.807, 2.05) is 13.0 Å². The summed E-state index contributed by atoms with van der Waals surface area (Å²) in [4.78, 5) is 16.0. The van der Waals surface area contributed by atoms with E-state index in [2.05, 4.69) is 10.2 Å². The van der Waals surface area contributed by atoms with Crippen LogP contribution in [0, 0.1) is 6.57 Å². The van der Waals surface area contributed by atoms with Gasteiger partial charge in [-0.1, -0.05) is 18.2 Å². The SMILES string of the molecule is [C-]#[N+]c1ccc2c(c1)C(C)(CCO)C(=O)NC21COC1. The first kappa shape index (κ1) is 13.1. The maximum atomic E-state index is 12.5. The molecule has 1 aromatic rings. The Hall–Kier alpha value is -1.90. The first-order valence-corrected chi connectivity index (χ1v) is 6.59. The van der Waals surface area contributed by atoms with E-state index in [0.29, 0.717) is 25.3 Å². The predicted molar refractivity (Wildman–Crippen MR) is 72.4 cm³/mol. The first-order chi connectivity index (χ1) is 9.55. The zero-order valence-electron chi connectivity index (χ0n) is 11.3. The molecule has 1 atom stereocenters. The monoisotopic (exact) mass is 272 g/mol. The van der Waals surface area contributed by atoms with Crippen LogP contribution in [0.3, 0.4) is 0 Å². The van der Waals surface area contributed by atoms with Gasteiger partial charge in [0.15, 0.2) is 5.69 Å². The molecule has 1 spiro atoms. The summed E-state index contributed by atoms with van der Waals surface area (Å²) in [6.07, 6.45) is 0.338. The highest BCUT2D eigenvalue weighted by Crippen LogP contribution is 2.44. The first-order valence-electron chi connectivity index (χ1n) is 6.59. The average molecular weight is 272 g/mol. The minimum atomic E-state index is -0.800. The number of benzene rings is 1. The number of carbonyl (C=O) groups is 1. The highest BCUT2D eigenvalue weighted by Gasteiger charge is 2.53. The van der Waals surface area contributed by atoms with Crippen LogP contribution in [0.25, 0.3) is 4.85 Å². The van der Waals surface area contributed by atoms with Crippen molar-refractivity contribution in [3.63, 3.8) is 0 Å². The summed E-state index contributed by atoms with van der Waals surface area (Å²) in [5, 5.41) is 12.3. The van der Waals surface area contributed by atoms with Crippen molar-refractivity contribution in [3.05, 3.63) is 40.7 Å². The zero-order valence-corrected chi connectivity index (χ0v) is 11.3. The van der Waals surface area contributed by atoms with Gasteiger partial charge in [-0.15, -0.1) is 0 Å². The molecule has 1 unspecified atom stereocenters. The number of carbonyl (C=O) groups excluding carboxylic acids is 1. The Bertz CT molecular complexity index is 616. The third kappa shape index (κ3) is 1.59. The Kier molecular flexibility index (Phi) is 2.82. The van der Waals surface area contributed by atoms with Crippen LogP contribution in [-0.2, 0) is 20.5 Å². The molecule has 5 nitrogen and oxygen atoms in total. The van der Waals surface area contributed by atoms with Gasteiger partial charge in [0.05, 0.1) is 25.2 Å². The van der Waals surface area contributed by atoms with E-state index in [4.69, 9.17) is 11.3 Å². The fourth-order valence-corrected chi connectivity index (χ4v) is 3.03. The van der Waals surface area contributed by atoms with Gasteiger partial charge in [-0.2, -0.15) is 0 Å². The predicted octanol–water partition coefficient (Wildman–Crippen LogP) is 1.23. The molecule has 1 saturated heterocycles. The van der Waals surface area contributed by atoms with Crippen molar-refractivity contribution in [1.82, 2.24) is 5.32 Å². The minimum absolute atomic E-state index is 0.0743. The summed E-state index contributed by atoms with van der Waals surface area (Å²) < 4.78 is 5.28. The van der Waals surface area contributed by atoms with Gasteiger partial charge in [0.2, 0.25) is 5.91 Å². The normalized spacial score (nSPS) is 26.4. The quantitative estimate of drug-likeness (QED) is 0.796. The summed E-state index contributed by atoms with van der Waals surface area (Å²) in [6.45, 7) is 9.81. The Morgan fingerprint density at radius 2 is 2.20 bits per heavy atom. The third-order valence-electron chi connectivity index (χ3n) is 4.40. The molecule has 5 heteroatoms. The number of nitrogens with zero attached hydrogens (tertiary/aromatic N) is 1. The van der Waals surface area contributed by atoms with Crippen molar-refractivity contribution in [2.24, 2.45) is 0 Å². The molecule has 2 N–H and O–H groups in total. The molecule has 0 saturated carbocycles. The molecular formula is C15H16N2O3. The number of ether oxygens (including phenoxy) is 1. The highest BCUT2D eigenvalue weighted by molar-refractivity contribution is 5.92. The molecular weight excluding hydrogens is 256 g/mol. The second-order valence-corrected chi connectivity index (χ2v) is 5.68. The summed E-state index contributed by atoms with van der Waals surface area (Å²) in [5.41, 5.74) is 1.10. The molecule has 1 aromatic carbocycles. The van der Waals surface area contributed by atoms with Crippen LogP contribution in [0.15, 0.2) is 18.2 Å². The molecule has 20 heavy (non-hydrogen) atoms. The number of amides is 1. The fourth-order valence-electron chi connectivity index (χ4n) is 3.03. The molecule has 0 radical (unpaired) electrons. The van der Waals surface area contributed by atoms with E-state index in [1.165, 1.54) is 0 Å². The smallest absolute Gasteiger partial charge is 0.231 e. The van der Waals surface area contributed by atoms with Crippen molar-refractivity contribution >= 4 is 11.6 Å². The molecule has 1 fully saturated rings. The number of aliphatic hydroxyl groups is 1. The molecule has 0 bridgehead atoms. The van der Waals surface area contributed by atoms with E-state index >= 15 is 0 Å². The molecule has 104 valence electrons. The Morgan fingerprint density at radius 3 is 2.75 bits per heavy atom. The van der Waals surface area contributed by atoms with Gasteiger partial charge in [0.25, 0.3) is 0 Å². The highest BCUT2D eigenvalue weighted by atomic mass is 16.5. The topological polar surface area (TPSA) is 62.9 Å². The Balaban J connectivity index is 2.21. The zero-order chi connectivity index (χ0) is 14.4. The lowest BCUT2D eigenvalue weighted by Crippen LogP contribution is -2.66. The van der Waals surface area contributed by atoms with Crippen LogP contribution in [0.4, 0.5) is 5.69 Å². The average Bonchev–Trinajstić information content (AvgIpc) is 2.41. The van der Waals surface area contributed by atoms with Crippen LogP contribution < -0.4 is 5.32 Å². The van der Waals surface area contributed by atoms with Crippen LogP contribution >= 0.6 is 0 Å². The van der Waals surface area contributed by atoms with Crippen LogP contribution in [0.1, 0.15) is 24.5 Å². The largest absolute Gasteiger partial charge is 0.396 e. The molecule has 1 amide bonds. The molecule has 3 rings (SSSR count). The number of hydrogen-bond donors (Lipinski definition) is 2. The standard InChI is InChI=1S/C15H16N2O3/c1-14(5-6-18)12-7-10(16-2)3-4-11(12)15(8-20-9-15)17-13(14)19/h3-4,7,18H,5-6,8-9H2,1H3,(H,17,19). The van der Waals surface area contributed by atoms with Crippen molar-refractivity contribution < 1.29 is 14.6 Å². The molecule has 0 aliphatic carbocycles. The summed E-state index contributed by atoms with van der Waals surface area (Å²) in [7, 11) is 0. The number of hydrogen-bond acceptors (Lipinski definition) is 3. The van der Waals surface area contributed by atoms with E-state index < -0.39 is 11.0 Å². The minimum Gasteiger partial charge on any atom is -0.396 e. The maximum Gasteiger partial charge on any atom is 0.231 e. The summed E-state index contributed by atoms with van der Waals surface area (Å²) in [6, 6.07) is 5.44. The van der Waals surface area contributed by atoms with Crippen molar-refractivity contribution in [1.29, 1.82) is 0 Å². The second-order valence-electron chi connectivity index (χ2n) is 5.68. The van der Waals surface area contributed by atoms with Crippen LogP contribution in [0.2, 0.25) is 0 Å². The number of nitrogens with one attached hydrogen (secondary N) is 1. The number of fused-ring (bicyclic) bond motifs is 2. The van der Waals surface area contributed by atoms with E-state index in [0.717, 1.165) is 11.1 Å². The van der Waals surface area contributed by atoms with Crippen LogP contribution in [-0.4, -0.2) is 30.8 Å². The molecule has 2 heterocycles. The van der Waals surface area contributed by atoms with Gasteiger partial charge in [-0.05, 0) is 24.5 Å². The lowest BCUT2D eigenvalue weighted by atomic mass is 9.67. The van der Waals surface area contributed by atoms with Crippen molar-refractivity contribution in [3.8, 4) is 0 Å². The van der Waals surface area contributed by atoms with E-state index in [9.17, 15) is 9.90 Å². The van der Waals surface area contributed by atoms with Gasteiger partial charge >= 0.3 is 0 Å². The molecule has 2 aliphatic heterocycles. The molecule has 0 aromatic heterocycles. The molecule has 2 aliphatic rings. The Labute approximate surface area is 117 Å². The lowest BCUT2D eigenvalue weighted by molar-refractivity contribution is -0.142. The van der Waals surface area contributed by atoms with Crippen LogP contribution in [0.5, 0.6) is 0 Å². The third-order valence-corrected chi connectivity index (χ3v) is 4.40. The van der Waals surface area contributed by atoms with Crippen molar-refractivity contribution in [2.45, 2.75) is 24.3 Å². The van der Waals surface area contributed by atoms with Gasteiger partial charge in [-0.3, -0.25) is 4.79 Å². The maximum absolute atomic E-state index is 12.5. The number of aliphatic hydroxyl groups excluding tert-OH is 1. The van der Waals surface area contributed by atoms with Gasteiger partial charge in [0.1, 0.15) is 5.54 Å². The Morgan fingerprint density at radius 1 is 1.45 bits per heavy atom. The summed E-state index contributed by atoms with van der Waals surface area (Å²) >= 11 is 0.